The highest BCUT2D eigenvalue weighted by molar-refractivity contribution is 5.70. The molecular weight excluding hydrogens is 801 g/mol. The number of carboxylic acids is 1. The molecule has 6 heterocycles. The molecule has 6 saturated heterocycles. The Hall–Kier alpha value is -1.01. The Morgan fingerprint density at radius 3 is 2.05 bits per heavy atom. The van der Waals surface area contributed by atoms with Gasteiger partial charge in [-0.15, -0.1) is 0 Å². The van der Waals surface area contributed by atoms with E-state index in [4.69, 9.17) is 28.4 Å². The molecule has 0 unspecified atom stereocenters. The fraction of sp³-hybridized carbons (Fsp3) is 0.979. The zero-order valence-electron chi connectivity index (χ0n) is 39.8. The molecular formula is C48H84O14. The van der Waals surface area contributed by atoms with Gasteiger partial charge in [-0.3, -0.25) is 4.79 Å². The van der Waals surface area contributed by atoms with Crippen molar-refractivity contribution in [3.8, 4) is 0 Å². The minimum absolute atomic E-state index is 0.0380. The highest BCUT2D eigenvalue weighted by Crippen LogP contribution is 2.56. The SMILES string of the molecule is CC[C@@H]1O[C@@H]([C@@]2(C)C[C@@H](C)[C@](O)([C@@]3(C)CC[C@H]([C@H](O)[C@]4(O)O[C@@H](C[C@]5(O)O[C@H]([C@H](C)[C@H](O)C[C@H]6O[C@H]([C@@H](C)C(=O)O)[C@@H](C)C[C@H]6C)CC[C@H]5C)[C@@H](C)C[C@H]4C)O3)O2)CC[C@@]1(C)O. The first kappa shape index (κ1) is 50.4. The van der Waals surface area contributed by atoms with Crippen LogP contribution in [-0.4, -0.2) is 131 Å². The Bertz CT molecular complexity index is 1550. The number of ether oxygens (including phenoxy) is 6. The van der Waals surface area contributed by atoms with Crippen molar-refractivity contribution in [2.45, 2.75) is 249 Å². The molecule has 14 heteroatoms. The van der Waals surface area contributed by atoms with Crippen LogP contribution in [0.25, 0.3) is 0 Å². The zero-order chi connectivity index (χ0) is 46.1. The van der Waals surface area contributed by atoms with Crippen LogP contribution < -0.4 is 0 Å². The van der Waals surface area contributed by atoms with Gasteiger partial charge < -0.3 is 64.2 Å². The van der Waals surface area contributed by atoms with E-state index in [1.54, 1.807) is 20.8 Å². The first-order valence-electron chi connectivity index (χ1n) is 24.2. The number of aliphatic hydroxyl groups excluding tert-OH is 2. The third kappa shape index (κ3) is 9.31. The molecule has 6 rings (SSSR count). The second-order valence-corrected chi connectivity index (χ2v) is 22.3. The summed E-state index contributed by atoms with van der Waals surface area (Å²) in [5, 5.41) is 81.2. The number of aliphatic carboxylic acids is 1. The first-order chi connectivity index (χ1) is 28.6. The van der Waals surface area contributed by atoms with Crippen molar-refractivity contribution < 1.29 is 69.0 Å². The maximum Gasteiger partial charge on any atom is 0.308 e. The predicted molar refractivity (Wildman–Crippen MR) is 229 cm³/mol. The van der Waals surface area contributed by atoms with Crippen LogP contribution in [0.15, 0.2) is 0 Å². The molecule has 14 nitrogen and oxygen atoms in total. The number of rotatable bonds is 13. The Morgan fingerprint density at radius 1 is 0.742 bits per heavy atom. The van der Waals surface area contributed by atoms with Gasteiger partial charge >= 0.3 is 5.97 Å². The monoisotopic (exact) mass is 885 g/mol. The van der Waals surface area contributed by atoms with Crippen molar-refractivity contribution >= 4 is 5.97 Å². The second kappa shape index (κ2) is 18.2. The molecule has 0 aliphatic carbocycles. The average molecular weight is 885 g/mol. The van der Waals surface area contributed by atoms with Gasteiger partial charge in [0.25, 0.3) is 0 Å². The van der Waals surface area contributed by atoms with Crippen molar-refractivity contribution in [2.24, 2.45) is 47.3 Å². The predicted octanol–water partition coefficient (Wildman–Crippen LogP) is 5.68. The second-order valence-electron chi connectivity index (χ2n) is 22.3. The highest BCUT2D eigenvalue weighted by atomic mass is 16.7. The van der Waals surface area contributed by atoms with Gasteiger partial charge in [0.2, 0.25) is 0 Å². The molecule has 0 spiro atoms. The summed E-state index contributed by atoms with van der Waals surface area (Å²) in [6.45, 7) is 22.9. The van der Waals surface area contributed by atoms with E-state index in [-0.39, 0.29) is 60.2 Å². The highest BCUT2D eigenvalue weighted by Gasteiger charge is 2.67. The van der Waals surface area contributed by atoms with E-state index in [2.05, 4.69) is 6.92 Å². The number of carbonyl (C=O) groups is 1. The fourth-order valence-corrected chi connectivity index (χ4v) is 12.7. The molecule has 62 heavy (non-hydrogen) atoms. The van der Waals surface area contributed by atoms with E-state index in [0.717, 1.165) is 6.42 Å². The van der Waals surface area contributed by atoms with Crippen LogP contribution in [0.2, 0.25) is 0 Å². The van der Waals surface area contributed by atoms with Crippen molar-refractivity contribution in [1.82, 2.24) is 0 Å². The minimum atomic E-state index is -2.03. The molecule has 23 atom stereocenters. The Labute approximate surface area is 370 Å². The Kier molecular flexibility index (Phi) is 14.8. The minimum Gasteiger partial charge on any atom is -0.481 e. The lowest BCUT2D eigenvalue weighted by Crippen LogP contribution is -2.63. The molecule has 0 aromatic carbocycles. The third-order valence-electron chi connectivity index (χ3n) is 17.3. The van der Waals surface area contributed by atoms with E-state index in [1.807, 2.05) is 55.4 Å². The van der Waals surface area contributed by atoms with Gasteiger partial charge in [0.05, 0.1) is 66.0 Å². The molecule has 7 N–H and O–H groups in total. The average Bonchev–Trinajstić information content (AvgIpc) is 3.72. The smallest absolute Gasteiger partial charge is 0.308 e. The van der Waals surface area contributed by atoms with Gasteiger partial charge in [-0.05, 0) is 110 Å². The van der Waals surface area contributed by atoms with Crippen LogP contribution in [0.3, 0.4) is 0 Å². The Balaban J connectivity index is 1.10. The lowest BCUT2D eigenvalue weighted by molar-refractivity contribution is -0.373. The van der Waals surface area contributed by atoms with Crippen LogP contribution in [0.5, 0.6) is 0 Å². The molecule has 0 aromatic rings. The van der Waals surface area contributed by atoms with Crippen LogP contribution in [0.4, 0.5) is 0 Å². The van der Waals surface area contributed by atoms with Gasteiger partial charge in [-0.1, -0.05) is 55.4 Å². The summed E-state index contributed by atoms with van der Waals surface area (Å²) in [6, 6.07) is 0. The molecule has 6 fully saturated rings. The summed E-state index contributed by atoms with van der Waals surface area (Å²) < 4.78 is 39.2. The van der Waals surface area contributed by atoms with Crippen molar-refractivity contribution in [1.29, 1.82) is 0 Å². The molecule has 360 valence electrons. The lowest BCUT2D eigenvalue weighted by Gasteiger charge is -2.52. The quantitative estimate of drug-likeness (QED) is 0.119. The van der Waals surface area contributed by atoms with Gasteiger partial charge in [0.15, 0.2) is 17.4 Å². The van der Waals surface area contributed by atoms with Crippen molar-refractivity contribution in [3.05, 3.63) is 0 Å². The van der Waals surface area contributed by atoms with Crippen molar-refractivity contribution in [2.75, 3.05) is 0 Å². The number of carboxylic acid groups (broad SMARTS) is 1. The van der Waals surface area contributed by atoms with Crippen LogP contribution in [0, 0.1) is 47.3 Å². The summed E-state index contributed by atoms with van der Waals surface area (Å²) in [4.78, 5) is 11.8. The third-order valence-corrected chi connectivity index (χ3v) is 17.3. The maximum absolute atomic E-state index is 12.4. The Morgan fingerprint density at radius 2 is 1.40 bits per heavy atom. The molecule has 0 aromatic heterocycles. The molecule has 0 bridgehead atoms. The number of hydrogen-bond donors (Lipinski definition) is 7. The summed E-state index contributed by atoms with van der Waals surface area (Å²) in [7, 11) is 0. The zero-order valence-corrected chi connectivity index (χ0v) is 39.8. The molecule has 6 aliphatic rings. The van der Waals surface area contributed by atoms with Crippen LogP contribution in [-0.2, 0) is 33.2 Å². The normalized spacial score (nSPS) is 52.3. The van der Waals surface area contributed by atoms with E-state index >= 15 is 0 Å². The summed E-state index contributed by atoms with van der Waals surface area (Å²) in [6.07, 6.45) is 0.0772. The summed E-state index contributed by atoms with van der Waals surface area (Å²) in [5.74, 6) is -8.34. The summed E-state index contributed by atoms with van der Waals surface area (Å²) in [5.41, 5.74) is -3.01. The van der Waals surface area contributed by atoms with Gasteiger partial charge in [0, 0.05) is 36.5 Å². The largest absolute Gasteiger partial charge is 0.481 e. The fourth-order valence-electron chi connectivity index (χ4n) is 12.7. The van der Waals surface area contributed by atoms with Gasteiger partial charge in [0.1, 0.15) is 11.7 Å². The maximum atomic E-state index is 12.4. The molecule has 0 radical (unpaired) electrons. The van der Waals surface area contributed by atoms with Gasteiger partial charge in [-0.25, -0.2) is 0 Å². The molecule has 6 aliphatic heterocycles. The van der Waals surface area contributed by atoms with E-state index in [0.29, 0.717) is 64.2 Å². The topological polar surface area (TPSA) is 214 Å². The summed E-state index contributed by atoms with van der Waals surface area (Å²) >= 11 is 0. The van der Waals surface area contributed by atoms with Crippen LogP contribution >= 0.6 is 0 Å². The number of aliphatic hydroxyl groups is 6. The standard InChI is InChI=1S/C48H84O14/c1-13-38-43(10,53)18-17-39(58-38)44(11)23-30(7)48(56,62-44)45(12)19-16-35(59-45)41(50)47(55)29(6)21-26(3)37(61-47)24-46(54)28(5)14-15-34(60-46)31(8)33(49)22-36-25(2)20-27(4)40(57-36)32(9)42(51)52/h25-41,49-50,53-56H,13-24H2,1-12H3,(H,51,52)/t25-,26+,27+,28-,29-,30-,31-,32-,33-,34+,35-,36-,37+,38+,39-,40+,41+,43-,44-,45-,46+,47-,48-/m1/s1. The van der Waals surface area contributed by atoms with E-state index < -0.39 is 88.6 Å². The number of hydrogen-bond acceptors (Lipinski definition) is 13. The molecule has 0 amide bonds. The first-order valence-corrected chi connectivity index (χ1v) is 24.2. The lowest BCUT2D eigenvalue weighted by atomic mass is 9.75. The van der Waals surface area contributed by atoms with Crippen molar-refractivity contribution in [3.63, 3.8) is 0 Å². The van der Waals surface area contributed by atoms with Gasteiger partial charge in [-0.2, -0.15) is 0 Å². The van der Waals surface area contributed by atoms with E-state index in [1.165, 1.54) is 0 Å². The van der Waals surface area contributed by atoms with E-state index in [9.17, 15) is 40.5 Å². The molecule has 0 saturated carbocycles. The van der Waals surface area contributed by atoms with Crippen LogP contribution in [0.1, 0.15) is 160 Å².